The van der Waals surface area contributed by atoms with Crippen LogP contribution in [-0.4, -0.2) is 22.5 Å². The van der Waals surface area contributed by atoms with E-state index < -0.39 is 12.0 Å². The highest BCUT2D eigenvalue weighted by Gasteiger charge is 2.23. The van der Waals surface area contributed by atoms with Crippen LogP contribution in [0, 0.1) is 5.92 Å². The number of halogens is 1. The Morgan fingerprint density at radius 1 is 1.60 bits per heavy atom. The quantitative estimate of drug-likeness (QED) is 0.604. The van der Waals surface area contributed by atoms with Gasteiger partial charge >= 0.3 is 5.97 Å². The molecule has 0 radical (unpaired) electrons. The Labute approximate surface area is 65.2 Å². The molecule has 0 spiro atoms. The third kappa shape index (κ3) is 2.54. The van der Waals surface area contributed by atoms with Crippen LogP contribution >= 0.6 is 11.6 Å². The SMILES string of the molecule is CC(Cl)[C@H](C)[C@H](N)C(=O)O. The normalized spacial score (nSPS) is 19.6. The first kappa shape index (κ1) is 9.72. The summed E-state index contributed by atoms with van der Waals surface area (Å²) in [7, 11) is 0. The largest absolute Gasteiger partial charge is 0.480 e. The van der Waals surface area contributed by atoms with Crippen molar-refractivity contribution in [2.45, 2.75) is 25.3 Å². The molecule has 10 heavy (non-hydrogen) atoms. The molecule has 3 N–H and O–H groups in total. The molecule has 0 aromatic rings. The van der Waals surface area contributed by atoms with E-state index in [0.29, 0.717) is 0 Å². The average molecular weight is 166 g/mol. The predicted molar refractivity (Wildman–Crippen MR) is 40.1 cm³/mol. The van der Waals surface area contributed by atoms with Crippen LogP contribution < -0.4 is 5.73 Å². The van der Waals surface area contributed by atoms with Crippen molar-refractivity contribution in [2.24, 2.45) is 11.7 Å². The zero-order valence-electron chi connectivity index (χ0n) is 6.04. The van der Waals surface area contributed by atoms with Gasteiger partial charge in [-0.25, -0.2) is 0 Å². The second-order valence-electron chi connectivity index (χ2n) is 2.40. The molecular weight excluding hydrogens is 154 g/mol. The summed E-state index contributed by atoms with van der Waals surface area (Å²) < 4.78 is 0. The summed E-state index contributed by atoms with van der Waals surface area (Å²) in [6, 6.07) is -0.854. The number of hydrogen-bond acceptors (Lipinski definition) is 2. The van der Waals surface area contributed by atoms with Crippen molar-refractivity contribution >= 4 is 17.6 Å². The number of alkyl halides is 1. The Kier molecular flexibility index (Phi) is 3.68. The topological polar surface area (TPSA) is 63.3 Å². The van der Waals surface area contributed by atoms with Gasteiger partial charge in [-0.15, -0.1) is 11.6 Å². The van der Waals surface area contributed by atoms with Crippen LogP contribution in [0.25, 0.3) is 0 Å². The molecule has 0 aromatic carbocycles. The van der Waals surface area contributed by atoms with Crippen molar-refractivity contribution in [1.82, 2.24) is 0 Å². The molecule has 0 saturated carbocycles. The van der Waals surface area contributed by atoms with Gasteiger partial charge in [0, 0.05) is 5.38 Å². The van der Waals surface area contributed by atoms with Gasteiger partial charge in [-0.05, 0) is 12.8 Å². The minimum Gasteiger partial charge on any atom is -0.480 e. The third-order valence-corrected chi connectivity index (χ3v) is 1.97. The van der Waals surface area contributed by atoms with E-state index in [2.05, 4.69) is 0 Å². The molecule has 0 fully saturated rings. The number of hydrogen-bond donors (Lipinski definition) is 2. The number of carbonyl (C=O) groups is 1. The highest BCUT2D eigenvalue weighted by Crippen LogP contribution is 2.12. The number of carboxylic acid groups (broad SMARTS) is 1. The second-order valence-corrected chi connectivity index (χ2v) is 3.09. The minimum atomic E-state index is -1.000. The number of carboxylic acids is 1. The second kappa shape index (κ2) is 3.78. The fourth-order valence-electron chi connectivity index (χ4n) is 0.511. The Bertz CT molecular complexity index is 127. The summed E-state index contributed by atoms with van der Waals surface area (Å²) in [5, 5.41) is 8.21. The molecule has 4 heteroatoms. The molecule has 0 amide bonds. The molecule has 0 saturated heterocycles. The molecule has 0 aromatic heterocycles. The van der Waals surface area contributed by atoms with Crippen LogP contribution in [0.15, 0.2) is 0 Å². The molecule has 0 bridgehead atoms. The van der Waals surface area contributed by atoms with E-state index in [1.807, 2.05) is 0 Å². The molecule has 0 aliphatic carbocycles. The van der Waals surface area contributed by atoms with Crippen LogP contribution in [0.5, 0.6) is 0 Å². The van der Waals surface area contributed by atoms with Gasteiger partial charge in [0.15, 0.2) is 0 Å². The maximum atomic E-state index is 10.3. The van der Waals surface area contributed by atoms with Gasteiger partial charge in [0.05, 0.1) is 0 Å². The van der Waals surface area contributed by atoms with Crippen molar-refractivity contribution in [2.75, 3.05) is 0 Å². The van der Waals surface area contributed by atoms with E-state index >= 15 is 0 Å². The maximum absolute atomic E-state index is 10.3. The molecule has 60 valence electrons. The van der Waals surface area contributed by atoms with Crippen LogP contribution in [0.2, 0.25) is 0 Å². The van der Waals surface area contributed by atoms with E-state index in [0.717, 1.165) is 0 Å². The van der Waals surface area contributed by atoms with E-state index in [1.165, 1.54) is 0 Å². The van der Waals surface area contributed by atoms with E-state index in [-0.39, 0.29) is 11.3 Å². The lowest BCUT2D eigenvalue weighted by atomic mass is 10.0. The Morgan fingerprint density at radius 3 is 2.10 bits per heavy atom. The summed E-state index contributed by atoms with van der Waals surface area (Å²) in [6.45, 7) is 3.45. The van der Waals surface area contributed by atoms with Crippen molar-refractivity contribution in [1.29, 1.82) is 0 Å². The van der Waals surface area contributed by atoms with Crippen molar-refractivity contribution in [3.05, 3.63) is 0 Å². The summed E-state index contributed by atoms with van der Waals surface area (Å²) in [5.41, 5.74) is 5.28. The van der Waals surface area contributed by atoms with Gasteiger partial charge < -0.3 is 10.8 Å². The molecule has 1 unspecified atom stereocenters. The first-order valence-electron chi connectivity index (χ1n) is 3.09. The lowest BCUT2D eigenvalue weighted by Gasteiger charge is -2.17. The number of aliphatic carboxylic acids is 1. The van der Waals surface area contributed by atoms with Gasteiger partial charge in [-0.2, -0.15) is 0 Å². The Hall–Kier alpha value is -0.280. The van der Waals surface area contributed by atoms with E-state index in [1.54, 1.807) is 13.8 Å². The standard InChI is InChI=1S/C6H12ClNO2/c1-3(4(2)7)5(8)6(9)10/h3-5H,8H2,1-2H3,(H,9,10)/t3-,4?,5-/m0/s1. The fraction of sp³-hybridized carbons (Fsp3) is 0.833. The fourth-order valence-corrected chi connectivity index (χ4v) is 0.667. The molecular formula is C6H12ClNO2. The highest BCUT2D eigenvalue weighted by molar-refractivity contribution is 6.20. The van der Waals surface area contributed by atoms with Crippen molar-refractivity contribution in [3.8, 4) is 0 Å². The smallest absolute Gasteiger partial charge is 0.320 e. The van der Waals surface area contributed by atoms with Crippen LogP contribution in [0.4, 0.5) is 0 Å². The number of rotatable bonds is 3. The molecule has 3 atom stereocenters. The summed E-state index contributed by atoms with van der Waals surface area (Å²) >= 11 is 5.62. The highest BCUT2D eigenvalue weighted by atomic mass is 35.5. The first-order chi connectivity index (χ1) is 4.46. The molecule has 3 nitrogen and oxygen atoms in total. The predicted octanol–water partition coefficient (Wildman–Crippen LogP) is 0.662. The van der Waals surface area contributed by atoms with Crippen molar-refractivity contribution < 1.29 is 9.90 Å². The molecule has 0 aliphatic rings. The summed E-state index contributed by atoms with van der Waals surface area (Å²) in [5.74, 6) is -1.20. The summed E-state index contributed by atoms with van der Waals surface area (Å²) in [6.07, 6.45) is 0. The maximum Gasteiger partial charge on any atom is 0.320 e. The summed E-state index contributed by atoms with van der Waals surface area (Å²) in [4.78, 5) is 10.3. The third-order valence-electron chi connectivity index (χ3n) is 1.58. The Morgan fingerprint density at radius 2 is 2.00 bits per heavy atom. The van der Waals surface area contributed by atoms with Crippen LogP contribution in [0.3, 0.4) is 0 Å². The zero-order valence-corrected chi connectivity index (χ0v) is 6.80. The van der Waals surface area contributed by atoms with Gasteiger partial charge in [0.25, 0.3) is 0 Å². The van der Waals surface area contributed by atoms with E-state index in [9.17, 15) is 4.79 Å². The van der Waals surface area contributed by atoms with Crippen molar-refractivity contribution in [3.63, 3.8) is 0 Å². The van der Waals surface area contributed by atoms with Gasteiger partial charge in [-0.1, -0.05) is 6.92 Å². The first-order valence-corrected chi connectivity index (χ1v) is 3.53. The lowest BCUT2D eigenvalue weighted by Crippen LogP contribution is -2.39. The molecule has 0 rings (SSSR count). The Balaban J connectivity index is 3.94. The van der Waals surface area contributed by atoms with Gasteiger partial charge in [0.1, 0.15) is 6.04 Å². The zero-order chi connectivity index (χ0) is 8.31. The molecule has 0 aliphatic heterocycles. The minimum absolute atomic E-state index is 0.195. The van der Waals surface area contributed by atoms with E-state index in [4.69, 9.17) is 22.4 Å². The van der Waals surface area contributed by atoms with Crippen LogP contribution in [0.1, 0.15) is 13.8 Å². The number of nitrogens with two attached hydrogens (primary N) is 1. The lowest BCUT2D eigenvalue weighted by molar-refractivity contribution is -0.139. The average Bonchev–Trinajstić information content (AvgIpc) is 1.84. The molecule has 0 heterocycles. The van der Waals surface area contributed by atoms with Gasteiger partial charge in [0.2, 0.25) is 0 Å². The van der Waals surface area contributed by atoms with Crippen LogP contribution in [-0.2, 0) is 4.79 Å². The van der Waals surface area contributed by atoms with Gasteiger partial charge in [-0.3, -0.25) is 4.79 Å². The monoisotopic (exact) mass is 165 g/mol.